The molecule has 0 aliphatic heterocycles. The summed E-state index contributed by atoms with van der Waals surface area (Å²) in [4.78, 5) is 9.98. The molecule has 5 nitrogen and oxygen atoms in total. The summed E-state index contributed by atoms with van der Waals surface area (Å²) < 4.78 is 25.9. The van der Waals surface area contributed by atoms with Crippen molar-refractivity contribution in [2.75, 3.05) is 6.26 Å². The summed E-state index contributed by atoms with van der Waals surface area (Å²) in [5, 5.41) is 8.23. The van der Waals surface area contributed by atoms with Crippen LogP contribution in [0.5, 0.6) is 0 Å². The number of hydrogen-bond donors (Lipinski definition) is 2. The molecule has 0 bridgehead atoms. The zero-order chi connectivity index (χ0) is 9.78. The molecule has 6 heteroatoms. The maximum absolute atomic E-state index is 9.98. The molecule has 12 heavy (non-hydrogen) atoms. The Morgan fingerprint density at radius 1 is 1.42 bits per heavy atom. The Bertz CT molecular complexity index is 231. The minimum atomic E-state index is -3.67. The first-order valence-electron chi connectivity index (χ1n) is 3.46. The van der Waals surface area contributed by atoms with Gasteiger partial charge in [-0.05, 0) is 12.8 Å². The van der Waals surface area contributed by atoms with E-state index in [0.29, 0.717) is 6.26 Å². The fourth-order valence-corrected chi connectivity index (χ4v) is 0.655. The van der Waals surface area contributed by atoms with Crippen LogP contribution in [-0.2, 0) is 14.9 Å². The molecule has 0 amide bonds. The monoisotopic (exact) mass is 196 g/mol. The zero-order valence-corrected chi connectivity index (χ0v) is 7.54. The van der Waals surface area contributed by atoms with Crippen molar-refractivity contribution in [2.24, 2.45) is 5.92 Å². The fourth-order valence-electron chi connectivity index (χ4n) is 0.655. The SMILES string of the molecule is CS(=O)(=O)O.O=C(O)C1CCC1. The van der Waals surface area contributed by atoms with E-state index in [-0.39, 0.29) is 5.92 Å². The average molecular weight is 196 g/mol. The van der Waals surface area contributed by atoms with Crippen molar-refractivity contribution < 1.29 is 22.9 Å². The van der Waals surface area contributed by atoms with Gasteiger partial charge >= 0.3 is 5.97 Å². The van der Waals surface area contributed by atoms with Crippen LogP contribution < -0.4 is 0 Å². The van der Waals surface area contributed by atoms with E-state index in [0.717, 1.165) is 19.3 Å². The van der Waals surface area contributed by atoms with Crippen molar-refractivity contribution in [3.63, 3.8) is 0 Å². The number of carboxylic acids is 1. The van der Waals surface area contributed by atoms with Crippen molar-refractivity contribution in [1.82, 2.24) is 0 Å². The lowest BCUT2D eigenvalue weighted by molar-refractivity contribution is -0.144. The van der Waals surface area contributed by atoms with Gasteiger partial charge in [-0.15, -0.1) is 0 Å². The molecular weight excluding hydrogens is 184 g/mol. The van der Waals surface area contributed by atoms with Crippen molar-refractivity contribution >= 4 is 16.1 Å². The topological polar surface area (TPSA) is 91.7 Å². The van der Waals surface area contributed by atoms with Crippen LogP contribution in [0.1, 0.15) is 19.3 Å². The maximum Gasteiger partial charge on any atom is 0.306 e. The van der Waals surface area contributed by atoms with Crippen LogP contribution in [0.15, 0.2) is 0 Å². The Morgan fingerprint density at radius 2 is 1.75 bits per heavy atom. The molecule has 1 fully saturated rings. The van der Waals surface area contributed by atoms with Crippen LogP contribution in [0.25, 0.3) is 0 Å². The molecule has 1 rings (SSSR count). The first-order valence-corrected chi connectivity index (χ1v) is 5.31. The van der Waals surface area contributed by atoms with E-state index in [2.05, 4.69) is 0 Å². The summed E-state index contributed by atoms with van der Waals surface area (Å²) in [5.74, 6) is -0.619. The van der Waals surface area contributed by atoms with Gasteiger partial charge < -0.3 is 5.11 Å². The van der Waals surface area contributed by atoms with E-state index in [1.807, 2.05) is 0 Å². The molecule has 1 aliphatic carbocycles. The van der Waals surface area contributed by atoms with Crippen molar-refractivity contribution in [3.8, 4) is 0 Å². The standard InChI is InChI=1S/C5H8O2.CH4O3S/c6-5(7)4-2-1-3-4;1-5(2,3)4/h4H,1-3H2,(H,6,7);1H3,(H,2,3,4). The molecule has 0 saturated heterocycles. The summed E-state index contributed by atoms with van der Waals surface area (Å²) in [6.45, 7) is 0. The Labute approximate surface area is 71.1 Å². The van der Waals surface area contributed by atoms with E-state index in [9.17, 15) is 13.2 Å². The van der Waals surface area contributed by atoms with E-state index in [4.69, 9.17) is 9.66 Å². The summed E-state index contributed by atoms with van der Waals surface area (Å²) >= 11 is 0. The molecule has 1 aliphatic rings. The second-order valence-electron chi connectivity index (χ2n) is 2.70. The van der Waals surface area contributed by atoms with Gasteiger partial charge in [0.25, 0.3) is 10.1 Å². The minimum Gasteiger partial charge on any atom is -0.481 e. The fraction of sp³-hybridized carbons (Fsp3) is 0.833. The van der Waals surface area contributed by atoms with Gasteiger partial charge in [-0.3, -0.25) is 9.35 Å². The van der Waals surface area contributed by atoms with Gasteiger partial charge in [0.05, 0.1) is 12.2 Å². The molecule has 0 radical (unpaired) electrons. The molecule has 0 unspecified atom stereocenters. The summed E-state index contributed by atoms with van der Waals surface area (Å²) in [6.07, 6.45) is 3.62. The van der Waals surface area contributed by atoms with Gasteiger partial charge in [0, 0.05) is 0 Å². The number of aliphatic carboxylic acids is 1. The molecule has 0 atom stereocenters. The summed E-state index contributed by atoms with van der Waals surface area (Å²) in [7, 11) is -3.67. The van der Waals surface area contributed by atoms with E-state index >= 15 is 0 Å². The van der Waals surface area contributed by atoms with Gasteiger partial charge in [-0.2, -0.15) is 8.42 Å². The smallest absolute Gasteiger partial charge is 0.306 e. The van der Waals surface area contributed by atoms with Gasteiger partial charge in [0.1, 0.15) is 0 Å². The molecule has 2 N–H and O–H groups in total. The van der Waals surface area contributed by atoms with E-state index in [1.165, 1.54) is 0 Å². The molecule has 0 spiro atoms. The Morgan fingerprint density at radius 3 is 1.75 bits per heavy atom. The lowest BCUT2D eigenvalue weighted by Crippen LogP contribution is -2.20. The lowest BCUT2D eigenvalue weighted by Gasteiger charge is -2.19. The van der Waals surface area contributed by atoms with Crippen molar-refractivity contribution in [3.05, 3.63) is 0 Å². The third kappa shape index (κ3) is 7.49. The van der Waals surface area contributed by atoms with Gasteiger partial charge in [-0.25, -0.2) is 0 Å². The molecule has 0 heterocycles. The molecule has 0 aromatic heterocycles. The average Bonchev–Trinajstić information content (AvgIpc) is 1.49. The quantitative estimate of drug-likeness (QED) is 0.591. The Kier molecular flexibility index (Phi) is 4.19. The second-order valence-corrected chi connectivity index (χ2v) is 4.17. The van der Waals surface area contributed by atoms with Crippen LogP contribution >= 0.6 is 0 Å². The Hall–Kier alpha value is -0.620. The molecule has 1 saturated carbocycles. The number of carboxylic acid groups (broad SMARTS) is 1. The van der Waals surface area contributed by atoms with E-state index < -0.39 is 16.1 Å². The van der Waals surface area contributed by atoms with E-state index in [1.54, 1.807) is 0 Å². The highest BCUT2D eigenvalue weighted by molar-refractivity contribution is 7.85. The van der Waals surface area contributed by atoms with Gasteiger partial charge in [0.15, 0.2) is 0 Å². The molecular formula is C6H12O5S. The number of rotatable bonds is 1. The first-order chi connectivity index (χ1) is 5.30. The van der Waals surface area contributed by atoms with Crippen LogP contribution in [0.2, 0.25) is 0 Å². The summed E-state index contributed by atoms with van der Waals surface area (Å²) in [5.41, 5.74) is 0. The van der Waals surface area contributed by atoms with Crippen LogP contribution in [0, 0.1) is 5.92 Å². The Balaban J connectivity index is 0.000000217. The lowest BCUT2D eigenvalue weighted by atomic mass is 9.86. The minimum absolute atomic E-state index is 0.000000000000000444. The molecule has 0 aromatic rings. The first kappa shape index (κ1) is 11.4. The third-order valence-corrected chi connectivity index (χ3v) is 1.45. The highest BCUT2D eigenvalue weighted by atomic mass is 32.2. The van der Waals surface area contributed by atoms with Crippen LogP contribution in [-0.4, -0.2) is 30.3 Å². The van der Waals surface area contributed by atoms with Crippen LogP contribution in [0.3, 0.4) is 0 Å². The highest BCUT2D eigenvalue weighted by Gasteiger charge is 2.23. The predicted molar refractivity (Wildman–Crippen MR) is 42.4 cm³/mol. The molecule has 0 aromatic carbocycles. The van der Waals surface area contributed by atoms with Gasteiger partial charge in [0.2, 0.25) is 0 Å². The van der Waals surface area contributed by atoms with Crippen molar-refractivity contribution in [2.45, 2.75) is 19.3 Å². The predicted octanol–water partition coefficient (Wildman–Crippen LogP) is 0.375. The number of carbonyl (C=O) groups is 1. The van der Waals surface area contributed by atoms with Gasteiger partial charge in [-0.1, -0.05) is 6.42 Å². The highest BCUT2D eigenvalue weighted by Crippen LogP contribution is 2.25. The third-order valence-electron chi connectivity index (χ3n) is 1.45. The normalized spacial score (nSPS) is 17.2. The molecule has 72 valence electrons. The zero-order valence-electron chi connectivity index (χ0n) is 6.73. The van der Waals surface area contributed by atoms with Crippen molar-refractivity contribution in [1.29, 1.82) is 0 Å². The summed E-state index contributed by atoms with van der Waals surface area (Å²) in [6, 6.07) is 0. The number of hydrogen-bond acceptors (Lipinski definition) is 3. The second kappa shape index (κ2) is 4.42. The largest absolute Gasteiger partial charge is 0.481 e. The maximum atomic E-state index is 9.98. The van der Waals surface area contributed by atoms with Crippen LogP contribution in [0.4, 0.5) is 0 Å².